The summed E-state index contributed by atoms with van der Waals surface area (Å²) in [5.74, 6) is -0.743. The van der Waals surface area contributed by atoms with Crippen LogP contribution in [0.3, 0.4) is 0 Å². The monoisotopic (exact) mass is 402 g/mol. The molecule has 9 heteroatoms. The minimum absolute atomic E-state index is 0.0246. The molecule has 0 unspecified atom stereocenters. The summed E-state index contributed by atoms with van der Waals surface area (Å²) in [5, 5.41) is 0. The quantitative estimate of drug-likeness (QED) is 0.592. The topological polar surface area (TPSA) is 103 Å². The highest BCUT2D eigenvalue weighted by molar-refractivity contribution is 7.14. The summed E-state index contributed by atoms with van der Waals surface area (Å²) < 4.78 is 16.0. The van der Waals surface area contributed by atoms with E-state index in [9.17, 15) is 14.4 Å². The zero-order valence-electron chi connectivity index (χ0n) is 14.9. The fourth-order valence-electron chi connectivity index (χ4n) is 3.03. The number of hydrogen-bond donors (Lipinski definition) is 2. The maximum Gasteiger partial charge on any atom is 0.348 e. The van der Waals surface area contributed by atoms with E-state index in [-0.39, 0.29) is 6.61 Å². The zero-order valence-corrected chi connectivity index (χ0v) is 15.7. The van der Waals surface area contributed by atoms with Crippen molar-refractivity contribution in [2.75, 3.05) is 13.2 Å². The third-order valence-corrected chi connectivity index (χ3v) is 5.63. The van der Waals surface area contributed by atoms with Crippen LogP contribution >= 0.6 is 11.3 Å². The van der Waals surface area contributed by atoms with Crippen LogP contribution in [0.15, 0.2) is 30.3 Å². The van der Waals surface area contributed by atoms with Crippen molar-refractivity contribution in [2.24, 2.45) is 0 Å². The van der Waals surface area contributed by atoms with Crippen LogP contribution < -0.4 is 20.3 Å². The van der Waals surface area contributed by atoms with Gasteiger partial charge in [0.2, 0.25) is 6.10 Å². The molecule has 1 aliphatic heterocycles. The van der Waals surface area contributed by atoms with Gasteiger partial charge in [-0.05, 0) is 43.0 Å². The van der Waals surface area contributed by atoms with E-state index in [4.69, 9.17) is 14.2 Å². The van der Waals surface area contributed by atoms with Crippen molar-refractivity contribution in [3.05, 3.63) is 45.6 Å². The largest absolute Gasteiger partial charge is 0.485 e. The molecule has 0 fully saturated rings. The fourth-order valence-corrected chi connectivity index (χ4v) is 4.18. The van der Waals surface area contributed by atoms with Gasteiger partial charge < -0.3 is 14.2 Å². The van der Waals surface area contributed by atoms with Crippen molar-refractivity contribution in [1.82, 2.24) is 10.9 Å². The standard InChI is InChI=1S/C19H18N2O6S/c22-17(10-26-19(24)16-8-11-4-3-7-15(11)28-16)20-21-18(23)14-9-25-12-5-1-2-6-13(12)27-14/h1-2,5-6,8,14H,3-4,7,9-10H2,(H,20,22)(H,21,23)/t14-/m1/s1. The highest BCUT2D eigenvalue weighted by Crippen LogP contribution is 2.31. The minimum atomic E-state index is -0.897. The molecule has 4 rings (SSSR count). The first-order chi connectivity index (χ1) is 13.6. The number of amides is 2. The van der Waals surface area contributed by atoms with Gasteiger partial charge in [-0.15, -0.1) is 11.3 Å². The molecule has 0 saturated heterocycles. The van der Waals surface area contributed by atoms with Gasteiger partial charge in [0.05, 0.1) is 0 Å². The summed E-state index contributed by atoms with van der Waals surface area (Å²) >= 11 is 1.41. The summed E-state index contributed by atoms with van der Waals surface area (Å²) in [6, 6.07) is 8.82. The van der Waals surface area contributed by atoms with Gasteiger partial charge >= 0.3 is 5.97 Å². The minimum Gasteiger partial charge on any atom is -0.485 e. The average Bonchev–Trinajstić information content (AvgIpc) is 3.32. The van der Waals surface area contributed by atoms with Gasteiger partial charge in [0.15, 0.2) is 18.1 Å². The molecule has 0 spiro atoms. The number of hydrogen-bond acceptors (Lipinski definition) is 7. The molecule has 2 heterocycles. The molecule has 1 aromatic carbocycles. The van der Waals surface area contributed by atoms with Gasteiger partial charge in [-0.1, -0.05) is 12.1 Å². The lowest BCUT2D eigenvalue weighted by Gasteiger charge is -2.25. The smallest absolute Gasteiger partial charge is 0.348 e. The van der Waals surface area contributed by atoms with Crippen molar-refractivity contribution in [2.45, 2.75) is 25.4 Å². The summed E-state index contributed by atoms with van der Waals surface area (Å²) in [6.07, 6.45) is 2.17. The number of rotatable bonds is 4. The molecule has 2 aliphatic rings. The Morgan fingerprint density at radius 2 is 1.96 bits per heavy atom. The van der Waals surface area contributed by atoms with E-state index < -0.39 is 30.5 Å². The van der Waals surface area contributed by atoms with Crippen LogP contribution in [0.2, 0.25) is 0 Å². The number of carbonyl (C=O) groups excluding carboxylic acids is 3. The Balaban J connectivity index is 1.21. The van der Waals surface area contributed by atoms with E-state index in [0.717, 1.165) is 19.3 Å². The van der Waals surface area contributed by atoms with Crippen LogP contribution in [0.4, 0.5) is 0 Å². The van der Waals surface area contributed by atoms with E-state index in [1.807, 2.05) is 6.07 Å². The van der Waals surface area contributed by atoms with Crippen molar-refractivity contribution in [3.63, 3.8) is 0 Å². The first kappa shape index (κ1) is 18.3. The Labute approximate surface area is 164 Å². The molecule has 1 aromatic heterocycles. The number of hydrazine groups is 1. The summed E-state index contributed by atoms with van der Waals surface area (Å²) in [6.45, 7) is -0.469. The Bertz CT molecular complexity index is 903. The first-order valence-electron chi connectivity index (χ1n) is 8.86. The van der Waals surface area contributed by atoms with Crippen molar-refractivity contribution in [3.8, 4) is 11.5 Å². The number of thiophene rings is 1. The Kier molecular flexibility index (Phi) is 5.16. The summed E-state index contributed by atoms with van der Waals surface area (Å²) in [7, 11) is 0. The Morgan fingerprint density at radius 3 is 2.79 bits per heavy atom. The highest BCUT2D eigenvalue weighted by atomic mass is 32.1. The highest BCUT2D eigenvalue weighted by Gasteiger charge is 2.27. The van der Waals surface area contributed by atoms with Crippen molar-refractivity contribution >= 4 is 29.1 Å². The second kappa shape index (κ2) is 7.89. The van der Waals surface area contributed by atoms with Crippen LogP contribution in [0.5, 0.6) is 11.5 Å². The molecule has 0 bridgehead atoms. The summed E-state index contributed by atoms with van der Waals surface area (Å²) in [5.41, 5.74) is 5.63. The van der Waals surface area contributed by atoms with Gasteiger partial charge in [0, 0.05) is 4.88 Å². The number of esters is 1. The maximum atomic E-state index is 12.1. The van der Waals surface area contributed by atoms with Crippen molar-refractivity contribution < 1.29 is 28.6 Å². The average molecular weight is 402 g/mol. The number of ether oxygens (including phenoxy) is 3. The van der Waals surface area contributed by atoms with E-state index >= 15 is 0 Å². The second-order valence-corrected chi connectivity index (χ2v) is 7.53. The normalized spacial score (nSPS) is 16.8. The molecule has 1 aliphatic carbocycles. The molecular weight excluding hydrogens is 384 g/mol. The third-order valence-electron chi connectivity index (χ3n) is 4.41. The predicted octanol–water partition coefficient (Wildman–Crippen LogP) is 1.38. The van der Waals surface area contributed by atoms with E-state index in [1.54, 1.807) is 24.3 Å². The number of aryl methyl sites for hydroxylation is 2. The van der Waals surface area contributed by atoms with Gasteiger partial charge in [-0.2, -0.15) is 0 Å². The van der Waals surface area contributed by atoms with Crippen LogP contribution in [0.1, 0.15) is 26.5 Å². The van der Waals surface area contributed by atoms with Gasteiger partial charge in [0.25, 0.3) is 11.8 Å². The van der Waals surface area contributed by atoms with Gasteiger partial charge in [0.1, 0.15) is 11.5 Å². The molecule has 0 radical (unpaired) electrons. The van der Waals surface area contributed by atoms with Crippen LogP contribution in [0, 0.1) is 0 Å². The molecule has 146 valence electrons. The molecule has 1 atom stereocenters. The predicted molar refractivity (Wildman–Crippen MR) is 99.3 cm³/mol. The molecule has 2 N–H and O–H groups in total. The molecule has 0 saturated carbocycles. The number of carbonyl (C=O) groups is 3. The first-order valence-corrected chi connectivity index (χ1v) is 9.67. The number of fused-ring (bicyclic) bond motifs is 2. The van der Waals surface area contributed by atoms with Crippen LogP contribution in [-0.4, -0.2) is 37.1 Å². The zero-order chi connectivity index (χ0) is 19.5. The second-order valence-electron chi connectivity index (χ2n) is 6.39. The number of para-hydroxylation sites is 2. The van der Waals surface area contributed by atoms with Gasteiger partial charge in [-0.3, -0.25) is 20.4 Å². The molecule has 28 heavy (non-hydrogen) atoms. The van der Waals surface area contributed by atoms with Gasteiger partial charge in [-0.25, -0.2) is 4.79 Å². The SMILES string of the molecule is O=C(COC(=O)c1cc2c(s1)CCC2)NNC(=O)[C@H]1COc2ccccc2O1. The summed E-state index contributed by atoms with van der Waals surface area (Å²) in [4.78, 5) is 37.7. The maximum absolute atomic E-state index is 12.1. The number of nitrogens with one attached hydrogen (secondary N) is 2. The fraction of sp³-hybridized carbons (Fsp3) is 0.316. The Hall–Kier alpha value is -3.07. The van der Waals surface area contributed by atoms with E-state index in [1.165, 1.54) is 21.8 Å². The molecule has 8 nitrogen and oxygen atoms in total. The lowest BCUT2D eigenvalue weighted by Crippen LogP contribution is -2.51. The third kappa shape index (κ3) is 3.94. The number of benzene rings is 1. The lowest BCUT2D eigenvalue weighted by atomic mass is 10.2. The molecular formula is C19H18N2O6S. The van der Waals surface area contributed by atoms with Crippen molar-refractivity contribution in [1.29, 1.82) is 0 Å². The molecule has 2 aromatic rings. The van der Waals surface area contributed by atoms with Crippen LogP contribution in [0.25, 0.3) is 0 Å². The lowest BCUT2D eigenvalue weighted by molar-refractivity contribution is -0.135. The van der Waals surface area contributed by atoms with Crippen LogP contribution in [-0.2, 0) is 27.2 Å². The van der Waals surface area contributed by atoms with E-state index in [0.29, 0.717) is 16.4 Å². The van der Waals surface area contributed by atoms with E-state index in [2.05, 4.69) is 10.9 Å². The molecule has 2 amide bonds. The Morgan fingerprint density at radius 1 is 1.14 bits per heavy atom.